The minimum Gasteiger partial charge on any atom is -0.470 e. The fourth-order valence-electron chi connectivity index (χ4n) is 1.52. The van der Waals surface area contributed by atoms with E-state index in [1.807, 2.05) is 18.2 Å². The van der Waals surface area contributed by atoms with Gasteiger partial charge in [-0.05, 0) is 12.1 Å². The first-order chi connectivity index (χ1) is 7.63. The fourth-order valence-corrected chi connectivity index (χ4v) is 2.61. The van der Waals surface area contributed by atoms with E-state index in [1.54, 1.807) is 18.2 Å². The largest absolute Gasteiger partial charge is 0.470 e. The highest BCUT2D eigenvalue weighted by Crippen LogP contribution is 2.27. The van der Waals surface area contributed by atoms with E-state index >= 15 is 0 Å². The monoisotopic (exact) mass is 236 g/mol. The Kier molecular flexibility index (Phi) is 2.83. The predicted molar refractivity (Wildman–Crippen MR) is 63.9 cm³/mol. The molecule has 4 heteroatoms. The van der Waals surface area contributed by atoms with E-state index in [0.29, 0.717) is 5.75 Å². The Bertz CT molecular complexity index is 529. The topological polar surface area (TPSA) is 43.4 Å². The van der Waals surface area contributed by atoms with Crippen molar-refractivity contribution < 1.29 is 13.2 Å². The van der Waals surface area contributed by atoms with Crippen LogP contribution in [0.4, 0.5) is 0 Å². The third-order valence-electron chi connectivity index (χ3n) is 2.30. The van der Waals surface area contributed by atoms with Crippen molar-refractivity contribution in [2.45, 2.75) is 5.44 Å². The maximum absolute atomic E-state index is 11.7. The van der Waals surface area contributed by atoms with Gasteiger partial charge in [0.1, 0.15) is 5.75 Å². The molecule has 0 bridgehead atoms. The molecule has 1 unspecified atom stereocenters. The van der Waals surface area contributed by atoms with Crippen LogP contribution in [0.2, 0.25) is 0 Å². The van der Waals surface area contributed by atoms with E-state index in [-0.39, 0.29) is 5.75 Å². The Hall–Kier alpha value is -1.55. The maximum Gasteiger partial charge on any atom is 0.217 e. The zero-order valence-corrected chi connectivity index (χ0v) is 9.48. The van der Waals surface area contributed by atoms with Gasteiger partial charge in [0.15, 0.2) is 9.84 Å². The van der Waals surface area contributed by atoms with E-state index < -0.39 is 15.3 Å². The Labute approximate surface area is 95.0 Å². The molecule has 1 aliphatic rings. The van der Waals surface area contributed by atoms with Crippen LogP contribution in [0.3, 0.4) is 0 Å². The van der Waals surface area contributed by atoms with Gasteiger partial charge in [-0.2, -0.15) is 0 Å². The summed E-state index contributed by atoms with van der Waals surface area (Å²) < 4.78 is 28.9. The minimum atomic E-state index is -3.30. The van der Waals surface area contributed by atoms with Crippen molar-refractivity contribution in [3.63, 3.8) is 0 Å². The van der Waals surface area contributed by atoms with Crippen LogP contribution in [-0.4, -0.2) is 19.6 Å². The number of benzene rings is 1. The summed E-state index contributed by atoms with van der Waals surface area (Å²) in [6.45, 7) is 3.43. The van der Waals surface area contributed by atoms with Crippen LogP contribution in [0, 0.1) is 0 Å². The maximum atomic E-state index is 11.7. The normalized spacial score (nSPS) is 18.6. The second kappa shape index (κ2) is 4.14. The summed E-state index contributed by atoms with van der Waals surface area (Å²) in [7, 11) is -3.30. The SMILES string of the molecule is C=CCS(=O)(=O)C1C=Cc2ccccc2O1. The third-order valence-corrected chi connectivity index (χ3v) is 3.96. The molecule has 0 spiro atoms. The lowest BCUT2D eigenvalue weighted by molar-refractivity contribution is 0.313. The van der Waals surface area contributed by atoms with Gasteiger partial charge in [0.25, 0.3) is 0 Å². The quantitative estimate of drug-likeness (QED) is 0.754. The number of sulfone groups is 1. The molecule has 1 aliphatic heterocycles. The van der Waals surface area contributed by atoms with Gasteiger partial charge in [-0.25, -0.2) is 8.42 Å². The lowest BCUT2D eigenvalue weighted by atomic mass is 10.1. The summed E-state index contributed by atoms with van der Waals surface area (Å²) in [5.74, 6) is 0.520. The molecule has 0 saturated heterocycles. The van der Waals surface area contributed by atoms with Crippen molar-refractivity contribution in [1.82, 2.24) is 0 Å². The molecule has 0 fully saturated rings. The Morgan fingerprint density at radius 2 is 2.12 bits per heavy atom. The molecule has 0 aromatic heterocycles. The second-order valence-electron chi connectivity index (χ2n) is 3.50. The Morgan fingerprint density at radius 1 is 1.38 bits per heavy atom. The van der Waals surface area contributed by atoms with Gasteiger partial charge < -0.3 is 4.74 Å². The molecule has 3 nitrogen and oxygen atoms in total. The first kappa shape index (κ1) is 11.0. The van der Waals surface area contributed by atoms with E-state index in [2.05, 4.69) is 6.58 Å². The molecule has 16 heavy (non-hydrogen) atoms. The summed E-state index contributed by atoms with van der Waals surface area (Å²) >= 11 is 0. The number of hydrogen-bond donors (Lipinski definition) is 0. The van der Waals surface area contributed by atoms with E-state index in [4.69, 9.17) is 4.74 Å². The van der Waals surface area contributed by atoms with Crippen molar-refractivity contribution in [3.8, 4) is 5.75 Å². The van der Waals surface area contributed by atoms with Crippen LogP contribution in [-0.2, 0) is 9.84 Å². The zero-order chi connectivity index (χ0) is 11.6. The van der Waals surface area contributed by atoms with Crippen LogP contribution < -0.4 is 4.74 Å². The van der Waals surface area contributed by atoms with Crippen LogP contribution >= 0.6 is 0 Å². The first-order valence-corrected chi connectivity index (χ1v) is 6.61. The van der Waals surface area contributed by atoms with Crippen LogP contribution in [0.25, 0.3) is 6.08 Å². The molecule has 0 saturated carbocycles. The highest BCUT2D eigenvalue weighted by atomic mass is 32.2. The second-order valence-corrected chi connectivity index (χ2v) is 5.63. The van der Waals surface area contributed by atoms with E-state index in [9.17, 15) is 8.42 Å². The van der Waals surface area contributed by atoms with Crippen LogP contribution in [0.5, 0.6) is 5.75 Å². The van der Waals surface area contributed by atoms with Crippen LogP contribution in [0.15, 0.2) is 43.0 Å². The molecular formula is C12H12O3S. The lowest BCUT2D eigenvalue weighted by Crippen LogP contribution is -2.28. The molecule has 1 heterocycles. The summed E-state index contributed by atoms with van der Waals surface area (Å²) in [6, 6.07) is 7.33. The fraction of sp³-hybridized carbons (Fsp3) is 0.167. The van der Waals surface area contributed by atoms with E-state index in [1.165, 1.54) is 6.08 Å². The summed E-state index contributed by atoms with van der Waals surface area (Å²) in [5, 5.41) is 0. The van der Waals surface area contributed by atoms with Crippen molar-refractivity contribution >= 4 is 15.9 Å². The molecule has 0 aliphatic carbocycles. The molecule has 2 rings (SSSR count). The first-order valence-electron chi connectivity index (χ1n) is 4.90. The van der Waals surface area contributed by atoms with Crippen LogP contribution in [0.1, 0.15) is 5.56 Å². The summed E-state index contributed by atoms with van der Waals surface area (Å²) in [6.07, 6.45) is 4.69. The van der Waals surface area contributed by atoms with Gasteiger partial charge in [0, 0.05) is 5.56 Å². The van der Waals surface area contributed by atoms with Crippen molar-refractivity contribution in [3.05, 3.63) is 48.6 Å². The smallest absolute Gasteiger partial charge is 0.217 e. The number of ether oxygens (including phenoxy) is 1. The molecular weight excluding hydrogens is 224 g/mol. The predicted octanol–water partition coefficient (Wildman–Crippen LogP) is 2.02. The average Bonchev–Trinajstić information content (AvgIpc) is 2.28. The van der Waals surface area contributed by atoms with Gasteiger partial charge in [-0.1, -0.05) is 30.4 Å². The molecule has 1 atom stereocenters. The number of para-hydroxylation sites is 1. The number of hydrogen-bond acceptors (Lipinski definition) is 3. The molecule has 0 N–H and O–H groups in total. The number of rotatable bonds is 3. The Balaban J connectivity index is 2.30. The summed E-state index contributed by atoms with van der Waals surface area (Å²) in [5.41, 5.74) is -0.00652. The zero-order valence-electron chi connectivity index (χ0n) is 8.67. The molecule has 0 amide bonds. The highest BCUT2D eigenvalue weighted by Gasteiger charge is 2.26. The van der Waals surface area contributed by atoms with Gasteiger partial charge in [0.05, 0.1) is 5.75 Å². The molecule has 84 valence electrons. The molecule has 1 aromatic carbocycles. The van der Waals surface area contributed by atoms with Crippen molar-refractivity contribution in [1.29, 1.82) is 0 Å². The summed E-state index contributed by atoms with van der Waals surface area (Å²) in [4.78, 5) is 0. The number of fused-ring (bicyclic) bond motifs is 1. The molecule has 0 radical (unpaired) electrons. The van der Waals surface area contributed by atoms with Gasteiger partial charge in [-0.15, -0.1) is 6.58 Å². The Morgan fingerprint density at radius 3 is 2.88 bits per heavy atom. The minimum absolute atomic E-state index is 0.0792. The van der Waals surface area contributed by atoms with Gasteiger partial charge in [0.2, 0.25) is 5.44 Å². The van der Waals surface area contributed by atoms with Gasteiger partial charge in [-0.3, -0.25) is 0 Å². The van der Waals surface area contributed by atoms with E-state index in [0.717, 1.165) is 5.56 Å². The average molecular weight is 236 g/mol. The molecule has 1 aromatic rings. The van der Waals surface area contributed by atoms with Gasteiger partial charge >= 0.3 is 0 Å². The third kappa shape index (κ3) is 2.02. The van der Waals surface area contributed by atoms with Crippen molar-refractivity contribution in [2.24, 2.45) is 0 Å². The lowest BCUT2D eigenvalue weighted by Gasteiger charge is -2.20. The highest BCUT2D eigenvalue weighted by molar-refractivity contribution is 7.92. The standard InChI is InChI=1S/C12H12O3S/c1-2-9-16(13,14)12-8-7-10-5-3-4-6-11(10)15-12/h2-8,12H,1,9H2. The van der Waals surface area contributed by atoms with Crippen molar-refractivity contribution in [2.75, 3.05) is 5.75 Å².